The normalized spacial score (nSPS) is 16.0. The summed E-state index contributed by atoms with van der Waals surface area (Å²) in [6.07, 6.45) is 2.80. The molecular formula is C30H39FN8O3. The fourth-order valence-electron chi connectivity index (χ4n) is 4.95. The van der Waals surface area contributed by atoms with Crippen molar-refractivity contribution < 1.29 is 18.8 Å². The number of aromatic nitrogens is 4. The average Bonchev–Trinajstić information content (AvgIpc) is 3.39. The summed E-state index contributed by atoms with van der Waals surface area (Å²) >= 11 is 0. The number of halogens is 1. The molecule has 11 nitrogen and oxygen atoms in total. The molecule has 2 heterocycles. The Morgan fingerprint density at radius 3 is 2.57 bits per heavy atom. The van der Waals surface area contributed by atoms with E-state index in [2.05, 4.69) is 31.5 Å². The average molecular weight is 579 g/mol. The van der Waals surface area contributed by atoms with E-state index < -0.39 is 17.5 Å². The van der Waals surface area contributed by atoms with E-state index in [9.17, 15) is 18.8 Å². The van der Waals surface area contributed by atoms with Crippen LogP contribution < -0.4 is 16.0 Å². The molecule has 1 aromatic heterocycles. The van der Waals surface area contributed by atoms with E-state index in [1.807, 2.05) is 6.07 Å². The van der Waals surface area contributed by atoms with Crippen molar-refractivity contribution >= 4 is 23.5 Å². The molecule has 0 unspecified atom stereocenters. The maximum atomic E-state index is 13.7. The number of hydrogen-bond donors (Lipinski definition) is 3. The molecule has 3 aromatic rings. The number of nitrogens with one attached hydrogen (secondary N) is 3. The summed E-state index contributed by atoms with van der Waals surface area (Å²) in [4.78, 5) is 41.0. The second kappa shape index (κ2) is 13.5. The van der Waals surface area contributed by atoms with Gasteiger partial charge in [0.2, 0.25) is 11.8 Å². The Hall–Kier alpha value is -4.35. The lowest BCUT2D eigenvalue weighted by atomic mass is 9.90. The zero-order chi connectivity index (χ0) is 30.3. The van der Waals surface area contributed by atoms with Crippen LogP contribution >= 0.6 is 0 Å². The highest BCUT2D eigenvalue weighted by Crippen LogP contribution is 2.23. The van der Waals surface area contributed by atoms with Gasteiger partial charge in [-0.3, -0.25) is 9.59 Å². The second-order valence-corrected chi connectivity index (χ2v) is 11.8. The molecule has 0 aliphatic carbocycles. The van der Waals surface area contributed by atoms with Crippen LogP contribution in [0.3, 0.4) is 0 Å². The van der Waals surface area contributed by atoms with Gasteiger partial charge in [0, 0.05) is 43.3 Å². The van der Waals surface area contributed by atoms with Gasteiger partial charge in [0.1, 0.15) is 11.9 Å². The first-order valence-electron chi connectivity index (χ1n) is 14.2. The van der Waals surface area contributed by atoms with Gasteiger partial charge >= 0.3 is 6.03 Å². The highest BCUT2D eigenvalue weighted by atomic mass is 19.1. The molecule has 1 fully saturated rings. The Morgan fingerprint density at radius 2 is 1.88 bits per heavy atom. The molecule has 2 aromatic carbocycles. The molecule has 42 heavy (non-hydrogen) atoms. The minimum absolute atomic E-state index is 0.163. The first-order valence-corrected chi connectivity index (χ1v) is 14.2. The third-order valence-corrected chi connectivity index (χ3v) is 7.27. The largest absolute Gasteiger partial charge is 0.344 e. The van der Waals surface area contributed by atoms with E-state index in [0.717, 1.165) is 30.4 Å². The maximum absolute atomic E-state index is 13.7. The van der Waals surface area contributed by atoms with Crippen molar-refractivity contribution in [2.24, 2.45) is 18.4 Å². The number of hydrogen-bond acceptors (Lipinski definition) is 6. The summed E-state index contributed by atoms with van der Waals surface area (Å²) < 4.78 is 14.9. The number of amides is 4. The van der Waals surface area contributed by atoms with Gasteiger partial charge in [-0.15, -0.1) is 5.10 Å². The van der Waals surface area contributed by atoms with Crippen molar-refractivity contribution in [1.82, 2.24) is 35.7 Å². The standard InChI is InChI=1S/C30H39FN8O3/c1-30(2,3)28(41)34-25(27(40)39-16-6-7-21(19-39)17-20-10-12-23(31)13-11-20)14-15-32-29(42)33-24-9-5-8-22(18-24)26-35-36-37-38(26)4/h5,8-13,18,21,25H,6-7,14-17,19H2,1-4H3,(H,34,41)(H2,32,33,42)/t21-,25+/m0/s1. The summed E-state index contributed by atoms with van der Waals surface area (Å²) in [5, 5.41) is 20.0. The van der Waals surface area contributed by atoms with Gasteiger partial charge in [-0.1, -0.05) is 45.0 Å². The third-order valence-electron chi connectivity index (χ3n) is 7.27. The lowest BCUT2D eigenvalue weighted by molar-refractivity contribution is -0.140. The number of benzene rings is 2. The Kier molecular flexibility index (Phi) is 9.87. The van der Waals surface area contributed by atoms with E-state index in [-0.39, 0.29) is 36.5 Å². The molecule has 1 aliphatic rings. The Bertz CT molecular complexity index is 1390. The first-order chi connectivity index (χ1) is 20.0. The number of tetrazole rings is 1. The summed E-state index contributed by atoms with van der Waals surface area (Å²) in [6, 6.07) is 12.4. The molecule has 0 spiro atoms. The fourth-order valence-corrected chi connectivity index (χ4v) is 4.95. The van der Waals surface area contributed by atoms with E-state index in [4.69, 9.17) is 0 Å². The first kappa shape index (κ1) is 30.6. The Morgan fingerprint density at radius 1 is 1.12 bits per heavy atom. The predicted octanol–water partition coefficient (Wildman–Crippen LogP) is 3.54. The number of likely N-dealkylation sites (tertiary alicyclic amines) is 1. The van der Waals surface area contributed by atoms with Crippen LogP contribution in [0.4, 0.5) is 14.9 Å². The van der Waals surface area contributed by atoms with Crippen LogP contribution in [0.25, 0.3) is 11.4 Å². The highest BCUT2D eigenvalue weighted by molar-refractivity contribution is 5.91. The van der Waals surface area contributed by atoms with Crippen LogP contribution in [-0.4, -0.2) is 68.6 Å². The highest BCUT2D eigenvalue weighted by Gasteiger charge is 2.32. The molecule has 0 radical (unpaired) electrons. The SMILES string of the molecule is Cn1nnnc1-c1cccc(NC(=O)NCC[C@@H](NC(=O)C(C)(C)C)C(=O)N2CCC[C@@H](Cc3ccc(F)cc3)C2)c1. The summed E-state index contributed by atoms with van der Waals surface area (Å²) in [5.41, 5.74) is 1.65. The van der Waals surface area contributed by atoms with E-state index in [1.165, 1.54) is 16.8 Å². The van der Waals surface area contributed by atoms with Gasteiger partial charge in [0.25, 0.3) is 0 Å². The molecule has 0 saturated carbocycles. The lowest BCUT2D eigenvalue weighted by Gasteiger charge is -2.36. The van der Waals surface area contributed by atoms with E-state index in [0.29, 0.717) is 24.6 Å². The van der Waals surface area contributed by atoms with Crippen LogP contribution in [0.1, 0.15) is 45.6 Å². The van der Waals surface area contributed by atoms with Gasteiger partial charge in [-0.2, -0.15) is 0 Å². The summed E-state index contributed by atoms with van der Waals surface area (Å²) in [5.74, 6) is 0.132. The number of carbonyl (C=O) groups excluding carboxylic acids is 3. The zero-order valence-electron chi connectivity index (χ0n) is 24.6. The number of aryl methyl sites for hydroxylation is 1. The lowest BCUT2D eigenvalue weighted by Crippen LogP contribution is -2.54. The van der Waals surface area contributed by atoms with Crippen molar-refractivity contribution in [3.8, 4) is 11.4 Å². The molecule has 3 N–H and O–H groups in total. The van der Waals surface area contributed by atoms with Crippen molar-refractivity contribution in [2.45, 2.75) is 52.5 Å². The van der Waals surface area contributed by atoms with Gasteiger partial charge in [-0.25, -0.2) is 13.9 Å². The van der Waals surface area contributed by atoms with Crippen LogP contribution in [-0.2, 0) is 23.1 Å². The van der Waals surface area contributed by atoms with Gasteiger partial charge in [-0.05, 0) is 71.9 Å². The molecule has 224 valence electrons. The topological polar surface area (TPSA) is 134 Å². The molecule has 12 heteroatoms. The monoisotopic (exact) mass is 578 g/mol. The van der Waals surface area contributed by atoms with Crippen molar-refractivity contribution in [2.75, 3.05) is 25.0 Å². The fraction of sp³-hybridized carbons (Fsp3) is 0.467. The van der Waals surface area contributed by atoms with Crippen LogP contribution in [0.15, 0.2) is 48.5 Å². The second-order valence-electron chi connectivity index (χ2n) is 11.8. The number of rotatable bonds is 9. The van der Waals surface area contributed by atoms with E-state index >= 15 is 0 Å². The minimum Gasteiger partial charge on any atom is -0.344 e. The summed E-state index contributed by atoms with van der Waals surface area (Å²) in [6.45, 7) is 6.71. The van der Waals surface area contributed by atoms with E-state index in [1.54, 1.807) is 63.1 Å². The predicted molar refractivity (Wildman–Crippen MR) is 157 cm³/mol. The van der Waals surface area contributed by atoms with Crippen LogP contribution in [0.5, 0.6) is 0 Å². The zero-order valence-corrected chi connectivity index (χ0v) is 24.6. The number of piperidine rings is 1. The molecule has 2 atom stereocenters. The number of nitrogens with zero attached hydrogens (tertiary/aromatic N) is 5. The summed E-state index contributed by atoms with van der Waals surface area (Å²) in [7, 11) is 1.73. The Labute approximate surface area is 245 Å². The van der Waals surface area contributed by atoms with Gasteiger partial charge < -0.3 is 20.9 Å². The van der Waals surface area contributed by atoms with Crippen molar-refractivity contribution in [1.29, 1.82) is 0 Å². The maximum Gasteiger partial charge on any atom is 0.319 e. The number of urea groups is 1. The van der Waals surface area contributed by atoms with Gasteiger partial charge in [0.05, 0.1) is 0 Å². The van der Waals surface area contributed by atoms with Crippen LogP contribution in [0, 0.1) is 17.2 Å². The minimum atomic E-state index is -0.784. The number of anilines is 1. The molecule has 0 bridgehead atoms. The Balaban J connectivity index is 1.35. The van der Waals surface area contributed by atoms with Crippen molar-refractivity contribution in [3.63, 3.8) is 0 Å². The quantitative estimate of drug-likeness (QED) is 0.356. The molecule has 1 aliphatic heterocycles. The molecular weight excluding hydrogens is 539 g/mol. The third kappa shape index (κ3) is 8.34. The molecule has 4 amide bonds. The number of carbonyl (C=O) groups is 3. The smallest absolute Gasteiger partial charge is 0.319 e. The molecule has 1 saturated heterocycles. The molecule has 4 rings (SSSR count). The van der Waals surface area contributed by atoms with Crippen LogP contribution in [0.2, 0.25) is 0 Å². The van der Waals surface area contributed by atoms with Gasteiger partial charge in [0.15, 0.2) is 5.82 Å². The van der Waals surface area contributed by atoms with Crippen molar-refractivity contribution in [3.05, 3.63) is 59.9 Å².